The number of benzene rings is 3. The van der Waals surface area contributed by atoms with Crippen molar-refractivity contribution in [2.24, 2.45) is 5.10 Å². The standard InChI is InChI=1S/C20H15Br2N3O4S/c21-17-9-13(10-18(22)19(17)26)12-23-24-20(27)14-5-4-6-15(11-14)25-30(28,29)16-7-2-1-3-8-16/h1-12,25-26H,(H,24,27)/b23-12+. The number of hydrogen-bond donors (Lipinski definition) is 3. The van der Waals surface area contributed by atoms with Gasteiger partial charge in [-0.15, -0.1) is 0 Å². The molecular weight excluding hydrogens is 538 g/mol. The summed E-state index contributed by atoms with van der Waals surface area (Å²) in [7, 11) is -3.76. The zero-order valence-electron chi connectivity index (χ0n) is 15.2. The van der Waals surface area contributed by atoms with E-state index >= 15 is 0 Å². The fourth-order valence-electron chi connectivity index (χ4n) is 2.43. The van der Waals surface area contributed by atoms with E-state index in [0.717, 1.165) is 0 Å². The summed E-state index contributed by atoms with van der Waals surface area (Å²) in [5.41, 5.74) is 3.50. The maximum Gasteiger partial charge on any atom is 0.271 e. The van der Waals surface area contributed by atoms with Crippen molar-refractivity contribution in [1.29, 1.82) is 0 Å². The predicted molar refractivity (Wildman–Crippen MR) is 122 cm³/mol. The lowest BCUT2D eigenvalue weighted by Crippen LogP contribution is -2.18. The Morgan fingerprint density at radius 3 is 2.30 bits per heavy atom. The summed E-state index contributed by atoms with van der Waals surface area (Å²) < 4.78 is 28.3. The van der Waals surface area contributed by atoms with Gasteiger partial charge in [0, 0.05) is 11.3 Å². The molecule has 3 rings (SSSR count). The summed E-state index contributed by atoms with van der Waals surface area (Å²) in [5, 5.41) is 13.6. The van der Waals surface area contributed by atoms with Gasteiger partial charge in [-0.2, -0.15) is 5.10 Å². The molecule has 0 fully saturated rings. The minimum absolute atomic E-state index is 0.0611. The van der Waals surface area contributed by atoms with Gasteiger partial charge in [0.15, 0.2) is 0 Å². The molecule has 30 heavy (non-hydrogen) atoms. The number of phenolic OH excluding ortho intramolecular Hbond substituents is 1. The molecule has 10 heteroatoms. The lowest BCUT2D eigenvalue weighted by atomic mass is 10.2. The second-order valence-corrected chi connectivity index (χ2v) is 9.42. The minimum Gasteiger partial charge on any atom is -0.506 e. The number of halogens is 2. The summed E-state index contributed by atoms with van der Waals surface area (Å²) in [6.07, 6.45) is 1.41. The molecular formula is C20H15Br2N3O4S. The predicted octanol–water partition coefficient (Wildman–Crippen LogP) is 4.48. The normalized spacial score (nSPS) is 11.4. The van der Waals surface area contributed by atoms with Gasteiger partial charge in [0.25, 0.3) is 15.9 Å². The van der Waals surface area contributed by atoms with Crippen LogP contribution < -0.4 is 10.1 Å². The number of nitrogens with one attached hydrogen (secondary N) is 2. The van der Waals surface area contributed by atoms with Crippen LogP contribution in [-0.4, -0.2) is 25.6 Å². The van der Waals surface area contributed by atoms with E-state index in [0.29, 0.717) is 14.5 Å². The highest BCUT2D eigenvalue weighted by Crippen LogP contribution is 2.32. The summed E-state index contributed by atoms with van der Waals surface area (Å²) in [4.78, 5) is 12.5. The van der Waals surface area contributed by atoms with Crippen LogP contribution in [0.2, 0.25) is 0 Å². The number of anilines is 1. The Balaban J connectivity index is 1.70. The molecule has 0 bridgehead atoms. The fraction of sp³-hybridized carbons (Fsp3) is 0. The number of carbonyl (C=O) groups is 1. The van der Waals surface area contributed by atoms with Crippen molar-refractivity contribution in [2.75, 3.05) is 4.72 Å². The highest BCUT2D eigenvalue weighted by molar-refractivity contribution is 9.11. The van der Waals surface area contributed by atoms with Gasteiger partial charge in [-0.3, -0.25) is 9.52 Å². The molecule has 3 aromatic rings. The van der Waals surface area contributed by atoms with Crippen LogP contribution in [0.4, 0.5) is 5.69 Å². The minimum atomic E-state index is -3.76. The van der Waals surface area contributed by atoms with E-state index in [9.17, 15) is 18.3 Å². The number of nitrogens with zero attached hydrogens (tertiary/aromatic N) is 1. The number of amides is 1. The van der Waals surface area contributed by atoms with Crippen LogP contribution in [0.3, 0.4) is 0 Å². The first-order valence-corrected chi connectivity index (χ1v) is 11.5. The Hall–Kier alpha value is -2.69. The first kappa shape index (κ1) is 22.0. The molecule has 3 N–H and O–H groups in total. The van der Waals surface area contributed by atoms with E-state index in [4.69, 9.17) is 0 Å². The molecule has 0 atom stereocenters. The number of hydrogen-bond acceptors (Lipinski definition) is 5. The largest absolute Gasteiger partial charge is 0.506 e. The van der Waals surface area contributed by atoms with Gasteiger partial charge in [0.05, 0.1) is 20.1 Å². The highest BCUT2D eigenvalue weighted by Gasteiger charge is 2.14. The van der Waals surface area contributed by atoms with E-state index in [1.54, 1.807) is 48.5 Å². The van der Waals surface area contributed by atoms with Crippen molar-refractivity contribution >= 4 is 59.7 Å². The molecule has 0 radical (unpaired) electrons. The van der Waals surface area contributed by atoms with E-state index in [-0.39, 0.29) is 21.9 Å². The SMILES string of the molecule is O=C(N/N=C/c1cc(Br)c(O)c(Br)c1)c1cccc(NS(=O)(=O)c2ccccc2)c1. The third kappa shape index (κ3) is 5.47. The van der Waals surface area contributed by atoms with Crippen LogP contribution in [0.25, 0.3) is 0 Å². The molecule has 0 unspecified atom stereocenters. The molecule has 7 nitrogen and oxygen atoms in total. The molecule has 0 spiro atoms. The summed E-state index contributed by atoms with van der Waals surface area (Å²) in [6.45, 7) is 0. The van der Waals surface area contributed by atoms with Crippen molar-refractivity contribution in [3.05, 3.63) is 86.8 Å². The van der Waals surface area contributed by atoms with Crippen molar-refractivity contribution in [2.45, 2.75) is 4.90 Å². The average Bonchev–Trinajstić information content (AvgIpc) is 2.72. The van der Waals surface area contributed by atoms with Crippen LogP contribution in [0.5, 0.6) is 5.75 Å². The zero-order valence-corrected chi connectivity index (χ0v) is 19.2. The summed E-state index contributed by atoms with van der Waals surface area (Å²) >= 11 is 6.44. The van der Waals surface area contributed by atoms with Gasteiger partial charge in [0.1, 0.15) is 5.75 Å². The highest BCUT2D eigenvalue weighted by atomic mass is 79.9. The Morgan fingerprint density at radius 1 is 0.967 bits per heavy atom. The van der Waals surface area contributed by atoms with Gasteiger partial charge in [-0.25, -0.2) is 13.8 Å². The van der Waals surface area contributed by atoms with E-state index in [1.807, 2.05) is 0 Å². The maximum absolute atomic E-state index is 12.4. The fourth-order valence-corrected chi connectivity index (χ4v) is 4.72. The second kappa shape index (κ2) is 9.41. The number of aromatic hydroxyl groups is 1. The molecule has 0 saturated heterocycles. The molecule has 1 amide bonds. The molecule has 0 aliphatic heterocycles. The molecule has 0 heterocycles. The van der Waals surface area contributed by atoms with Gasteiger partial charge in [0.2, 0.25) is 0 Å². The van der Waals surface area contributed by atoms with Crippen molar-refractivity contribution in [3.8, 4) is 5.75 Å². The monoisotopic (exact) mass is 551 g/mol. The average molecular weight is 553 g/mol. The lowest BCUT2D eigenvalue weighted by Gasteiger charge is -2.09. The summed E-state index contributed by atoms with van der Waals surface area (Å²) in [6, 6.07) is 17.3. The van der Waals surface area contributed by atoms with E-state index < -0.39 is 15.9 Å². The number of hydrazone groups is 1. The van der Waals surface area contributed by atoms with Crippen molar-refractivity contribution < 1.29 is 18.3 Å². The maximum atomic E-state index is 12.4. The Morgan fingerprint density at radius 2 is 1.63 bits per heavy atom. The lowest BCUT2D eigenvalue weighted by molar-refractivity contribution is 0.0955. The van der Waals surface area contributed by atoms with Crippen LogP contribution >= 0.6 is 31.9 Å². The quantitative estimate of drug-likeness (QED) is 0.309. The third-order valence-corrected chi connectivity index (χ3v) is 6.46. The number of carbonyl (C=O) groups excluding carboxylic acids is 1. The molecule has 0 aliphatic carbocycles. The van der Waals surface area contributed by atoms with E-state index in [2.05, 4.69) is 47.1 Å². The van der Waals surface area contributed by atoms with Gasteiger partial charge < -0.3 is 5.11 Å². The molecule has 3 aromatic carbocycles. The smallest absolute Gasteiger partial charge is 0.271 e. The number of phenols is 1. The van der Waals surface area contributed by atoms with Gasteiger partial charge in [-0.05, 0) is 79.9 Å². The van der Waals surface area contributed by atoms with Gasteiger partial charge in [-0.1, -0.05) is 24.3 Å². The Labute approximate surface area is 190 Å². The van der Waals surface area contributed by atoms with Crippen LogP contribution in [0.15, 0.2) is 85.7 Å². The second-order valence-electron chi connectivity index (χ2n) is 6.03. The van der Waals surface area contributed by atoms with Crippen LogP contribution in [0.1, 0.15) is 15.9 Å². The first-order chi connectivity index (χ1) is 14.3. The molecule has 154 valence electrons. The number of rotatable bonds is 6. The van der Waals surface area contributed by atoms with Crippen LogP contribution in [0, 0.1) is 0 Å². The van der Waals surface area contributed by atoms with Crippen molar-refractivity contribution in [3.63, 3.8) is 0 Å². The van der Waals surface area contributed by atoms with Crippen LogP contribution in [-0.2, 0) is 10.0 Å². The Bertz CT molecular complexity index is 1190. The molecule has 0 aliphatic rings. The summed E-state index contributed by atoms with van der Waals surface area (Å²) in [5.74, 6) is -0.449. The number of sulfonamides is 1. The molecule has 0 aromatic heterocycles. The third-order valence-electron chi connectivity index (χ3n) is 3.85. The van der Waals surface area contributed by atoms with Crippen molar-refractivity contribution in [1.82, 2.24) is 5.43 Å². The first-order valence-electron chi connectivity index (χ1n) is 8.45. The zero-order chi connectivity index (χ0) is 21.7. The van der Waals surface area contributed by atoms with E-state index in [1.165, 1.54) is 24.4 Å². The molecule has 0 saturated carbocycles. The van der Waals surface area contributed by atoms with Gasteiger partial charge >= 0.3 is 0 Å². The topological polar surface area (TPSA) is 108 Å². The Kier molecular flexibility index (Phi) is 6.91.